The van der Waals surface area contributed by atoms with Gasteiger partial charge in [-0.25, -0.2) is 0 Å². The van der Waals surface area contributed by atoms with Crippen LogP contribution in [0, 0.1) is 0 Å². The summed E-state index contributed by atoms with van der Waals surface area (Å²) < 4.78 is 0. The molecule has 0 bridgehead atoms. The van der Waals surface area contributed by atoms with Crippen LogP contribution in [0.25, 0.3) is 12.2 Å². The van der Waals surface area contributed by atoms with Gasteiger partial charge in [0.2, 0.25) is 0 Å². The van der Waals surface area contributed by atoms with E-state index < -0.39 is 0 Å². The Morgan fingerprint density at radius 2 is 1.47 bits per heavy atom. The lowest BCUT2D eigenvalue weighted by Gasteiger charge is -1.99. The number of hydrogen-bond acceptors (Lipinski definition) is 0. The fraction of sp³-hybridized carbons (Fsp3) is 0.0667. The van der Waals surface area contributed by atoms with Gasteiger partial charge in [-0.3, -0.25) is 0 Å². The third-order valence-corrected chi connectivity index (χ3v) is 2.90. The highest BCUT2D eigenvalue weighted by atomic mass is 14.0. The zero-order valence-electron chi connectivity index (χ0n) is 8.48. The van der Waals surface area contributed by atoms with Crippen LogP contribution in [0.2, 0.25) is 0 Å². The molecule has 0 heteroatoms. The molecule has 0 aliphatic heterocycles. The van der Waals surface area contributed by atoms with Crippen LogP contribution in [0.3, 0.4) is 0 Å². The number of hydrogen-bond donors (Lipinski definition) is 0. The summed E-state index contributed by atoms with van der Waals surface area (Å²) in [6.07, 6.45) is 5.61. The van der Waals surface area contributed by atoms with Crippen LogP contribution in [-0.2, 0) is 6.42 Å². The minimum atomic E-state index is 1.03. The molecule has 0 atom stereocenters. The molecular formula is C15H12. The molecule has 0 amide bonds. The zero-order valence-corrected chi connectivity index (χ0v) is 8.48. The molecule has 0 unspecified atom stereocenters. The molecule has 0 nitrogen and oxygen atoms in total. The average Bonchev–Trinajstić information content (AvgIpc) is 2.48. The summed E-state index contributed by atoms with van der Waals surface area (Å²) in [7, 11) is 0. The normalized spacial score (nSPS) is 12.8. The van der Waals surface area contributed by atoms with Crippen LogP contribution in [0.4, 0.5) is 0 Å². The van der Waals surface area contributed by atoms with E-state index in [0.29, 0.717) is 0 Å². The Labute approximate surface area is 89.2 Å². The Morgan fingerprint density at radius 1 is 0.733 bits per heavy atom. The van der Waals surface area contributed by atoms with Crippen LogP contribution in [0.1, 0.15) is 11.1 Å². The fourth-order valence-corrected chi connectivity index (χ4v) is 2.08. The smallest absolute Gasteiger partial charge is 0.00823 e. The van der Waals surface area contributed by atoms with E-state index in [2.05, 4.69) is 60.7 Å². The van der Waals surface area contributed by atoms with Crippen molar-refractivity contribution in [2.24, 2.45) is 0 Å². The second-order valence-corrected chi connectivity index (χ2v) is 3.88. The van der Waals surface area contributed by atoms with E-state index in [-0.39, 0.29) is 0 Å². The second-order valence-electron chi connectivity index (χ2n) is 3.88. The van der Waals surface area contributed by atoms with Gasteiger partial charge in [0.1, 0.15) is 0 Å². The lowest BCUT2D eigenvalue weighted by atomic mass is 10.1. The number of rotatable bonds is 0. The average molecular weight is 192 g/mol. The van der Waals surface area contributed by atoms with E-state index in [4.69, 9.17) is 0 Å². The van der Waals surface area contributed by atoms with Gasteiger partial charge < -0.3 is 0 Å². The van der Waals surface area contributed by atoms with Gasteiger partial charge >= 0.3 is 0 Å². The first-order chi connectivity index (χ1) is 7.43. The highest BCUT2D eigenvalue weighted by molar-refractivity contribution is 5.58. The third kappa shape index (κ3) is 1.48. The molecule has 0 saturated heterocycles. The number of fused-ring (bicyclic) bond motifs is 2. The first kappa shape index (κ1) is 8.49. The van der Waals surface area contributed by atoms with Gasteiger partial charge in [-0.2, -0.15) is 0 Å². The second kappa shape index (κ2) is 3.39. The molecule has 0 heterocycles. The summed E-state index contributed by atoms with van der Waals surface area (Å²) in [5.74, 6) is 0. The minimum Gasteiger partial charge on any atom is -0.0722 e. The van der Waals surface area contributed by atoms with Gasteiger partial charge in [0.25, 0.3) is 0 Å². The fourth-order valence-electron chi connectivity index (χ4n) is 2.08. The SMILES string of the molecule is C1=c2ccccc2=Cc2ccccc2C1. The van der Waals surface area contributed by atoms with E-state index in [1.54, 1.807) is 0 Å². The van der Waals surface area contributed by atoms with Crippen molar-refractivity contribution in [1.29, 1.82) is 0 Å². The summed E-state index contributed by atoms with van der Waals surface area (Å²) in [5, 5.41) is 2.66. The Hall–Kier alpha value is -1.82. The summed E-state index contributed by atoms with van der Waals surface area (Å²) in [6.45, 7) is 0. The van der Waals surface area contributed by atoms with Crippen LogP contribution >= 0.6 is 0 Å². The van der Waals surface area contributed by atoms with Crippen molar-refractivity contribution in [3.8, 4) is 0 Å². The summed E-state index contributed by atoms with van der Waals surface area (Å²) in [6, 6.07) is 17.1. The van der Waals surface area contributed by atoms with Gasteiger partial charge in [-0.05, 0) is 34.1 Å². The van der Waals surface area contributed by atoms with E-state index in [1.807, 2.05) is 0 Å². The lowest BCUT2D eigenvalue weighted by Crippen LogP contribution is -2.22. The molecule has 0 aromatic heterocycles. The molecule has 72 valence electrons. The Morgan fingerprint density at radius 3 is 2.40 bits per heavy atom. The quantitative estimate of drug-likeness (QED) is 0.597. The zero-order chi connectivity index (χ0) is 10.1. The summed E-state index contributed by atoms with van der Waals surface area (Å²) >= 11 is 0. The lowest BCUT2D eigenvalue weighted by molar-refractivity contribution is 1.32. The monoisotopic (exact) mass is 192 g/mol. The van der Waals surface area contributed by atoms with Crippen molar-refractivity contribution in [2.45, 2.75) is 6.42 Å². The standard InChI is InChI=1S/C15H12/c1-3-7-14-11-15-8-4-2-6-13(15)10-9-12(14)5-1/h1-9,11H,10H2. The van der Waals surface area contributed by atoms with E-state index in [9.17, 15) is 0 Å². The molecule has 15 heavy (non-hydrogen) atoms. The van der Waals surface area contributed by atoms with Crippen molar-refractivity contribution in [2.75, 3.05) is 0 Å². The predicted molar refractivity (Wildman–Crippen MR) is 63.9 cm³/mol. The molecule has 1 aliphatic carbocycles. The molecule has 0 spiro atoms. The van der Waals surface area contributed by atoms with E-state index in [1.165, 1.54) is 21.6 Å². The molecule has 0 radical (unpaired) electrons. The van der Waals surface area contributed by atoms with Gasteiger partial charge in [0, 0.05) is 0 Å². The maximum absolute atomic E-state index is 2.30. The topological polar surface area (TPSA) is 0 Å². The first-order valence-corrected chi connectivity index (χ1v) is 5.28. The maximum atomic E-state index is 2.30. The van der Waals surface area contributed by atoms with Gasteiger partial charge in [-0.15, -0.1) is 0 Å². The van der Waals surface area contributed by atoms with E-state index >= 15 is 0 Å². The first-order valence-electron chi connectivity index (χ1n) is 5.28. The van der Waals surface area contributed by atoms with Crippen LogP contribution in [0.5, 0.6) is 0 Å². The van der Waals surface area contributed by atoms with Crippen LogP contribution in [0.15, 0.2) is 48.5 Å². The number of benzene rings is 2. The van der Waals surface area contributed by atoms with Crippen molar-refractivity contribution >= 4 is 12.2 Å². The van der Waals surface area contributed by atoms with Gasteiger partial charge in [-0.1, -0.05) is 54.6 Å². The largest absolute Gasteiger partial charge is 0.0722 e. The minimum absolute atomic E-state index is 1.03. The molecule has 3 rings (SSSR count). The molecule has 1 aliphatic rings. The van der Waals surface area contributed by atoms with E-state index in [0.717, 1.165) is 6.42 Å². The summed E-state index contributed by atoms with van der Waals surface area (Å²) in [5.41, 5.74) is 2.76. The van der Waals surface area contributed by atoms with Gasteiger partial charge in [0.15, 0.2) is 0 Å². The van der Waals surface area contributed by atoms with Crippen LogP contribution in [-0.4, -0.2) is 0 Å². The summed E-state index contributed by atoms with van der Waals surface area (Å²) in [4.78, 5) is 0. The van der Waals surface area contributed by atoms with Gasteiger partial charge in [0.05, 0.1) is 0 Å². The van der Waals surface area contributed by atoms with Crippen LogP contribution < -0.4 is 10.4 Å². The Bertz CT molecular complexity index is 606. The third-order valence-electron chi connectivity index (χ3n) is 2.90. The van der Waals surface area contributed by atoms with Crippen molar-refractivity contribution in [1.82, 2.24) is 0 Å². The highest BCUT2D eigenvalue weighted by Gasteiger charge is 2.00. The Kier molecular flexibility index (Phi) is 1.92. The Balaban J connectivity index is 2.36. The maximum Gasteiger partial charge on any atom is -0.00823 e. The molecule has 2 aromatic rings. The molecule has 0 saturated carbocycles. The van der Waals surface area contributed by atoms with Crippen molar-refractivity contribution in [3.05, 3.63) is 70.1 Å². The molecule has 2 aromatic carbocycles. The molecule has 0 fully saturated rings. The van der Waals surface area contributed by atoms with Crippen molar-refractivity contribution in [3.63, 3.8) is 0 Å². The highest BCUT2D eigenvalue weighted by Crippen LogP contribution is 2.11. The van der Waals surface area contributed by atoms with Crippen molar-refractivity contribution < 1.29 is 0 Å². The predicted octanol–water partition coefficient (Wildman–Crippen LogP) is 1.85. The molecule has 0 N–H and O–H groups in total. The molecular weight excluding hydrogens is 180 g/mol.